The van der Waals surface area contributed by atoms with Gasteiger partial charge >= 0.3 is 0 Å². The molecule has 1 aliphatic heterocycles. The van der Waals surface area contributed by atoms with E-state index in [2.05, 4.69) is 28.5 Å². The Bertz CT molecular complexity index is 952. The third kappa shape index (κ3) is 3.54. The third-order valence-electron chi connectivity index (χ3n) is 5.49. The predicted octanol–water partition coefficient (Wildman–Crippen LogP) is 5.51. The van der Waals surface area contributed by atoms with Crippen molar-refractivity contribution in [3.05, 3.63) is 64.8 Å². The molecule has 0 saturated carbocycles. The number of benzene rings is 2. The van der Waals surface area contributed by atoms with Gasteiger partial charge < -0.3 is 4.57 Å². The Labute approximate surface area is 165 Å². The lowest BCUT2D eigenvalue weighted by Gasteiger charge is -2.25. The molecule has 0 bridgehead atoms. The van der Waals surface area contributed by atoms with Crippen molar-refractivity contribution in [2.24, 2.45) is 0 Å². The number of piperidine rings is 1. The first-order chi connectivity index (χ1) is 13.2. The predicted molar refractivity (Wildman–Crippen MR) is 112 cm³/mol. The minimum Gasteiger partial charge on any atom is -0.313 e. The number of aromatic nitrogens is 1. The van der Waals surface area contributed by atoms with Gasteiger partial charge in [-0.2, -0.15) is 0 Å². The van der Waals surface area contributed by atoms with Crippen LogP contribution in [0.3, 0.4) is 0 Å². The Morgan fingerprint density at radius 1 is 1.00 bits per heavy atom. The molecule has 0 amide bonds. The molecule has 0 aliphatic carbocycles. The number of Topliss-reactive ketones (excluding diaryl/α,β-unsaturated/α-hetero) is 1. The molecule has 3 aromatic rings. The van der Waals surface area contributed by atoms with E-state index in [0.29, 0.717) is 6.54 Å². The minimum atomic E-state index is 0.234. The molecule has 2 heterocycles. The fourth-order valence-corrected chi connectivity index (χ4v) is 4.35. The zero-order valence-electron chi connectivity index (χ0n) is 15.7. The fraction of sp³-hybridized carbons (Fsp3) is 0.348. The average molecular weight is 381 g/mol. The molecule has 1 aliphatic rings. The number of hydrogen-bond donors (Lipinski definition) is 0. The molecule has 1 saturated heterocycles. The van der Waals surface area contributed by atoms with E-state index in [1.165, 1.54) is 19.3 Å². The molecule has 27 heavy (non-hydrogen) atoms. The van der Waals surface area contributed by atoms with E-state index in [1.54, 1.807) is 0 Å². The van der Waals surface area contributed by atoms with Crippen LogP contribution in [0.15, 0.2) is 48.5 Å². The van der Waals surface area contributed by atoms with Gasteiger partial charge in [-0.1, -0.05) is 43.1 Å². The van der Waals surface area contributed by atoms with Crippen molar-refractivity contribution >= 4 is 28.3 Å². The number of rotatable bonds is 5. The zero-order valence-corrected chi connectivity index (χ0v) is 16.5. The van der Waals surface area contributed by atoms with Gasteiger partial charge in [0.05, 0.1) is 12.1 Å². The van der Waals surface area contributed by atoms with Crippen LogP contribution in [0.5, 0.6) is 0 Å². The highest BCUT2D eigenvalue weighted by Gasteiger charge is 2.24. The Hall–Kier alpha value is -2.10. The van der Waals surface area contributed by atoms with Crippen LogP contribution in [0.1, 0.15) is 42.2 Å². The van der Waals surface area contributed by atoms with Gasteiger partial charge in [-0.05, 0) is 62.7 Å². The Morgan fingerprint density at radius 3 is 2.41 bits per heavy atom. The summed E-state index contributed by atoms with van der Waals surface area (Å²) in [7, 11) is 0. The molecule has 2 aromatic carbocycles. The highest BCUT2D eigenvalue weighted by Crippen LogP contribution is 2.31. The van der Waals surface area contributed by atoms with Crippen molar-refractivity contribution in [3.63, 3.8) is 0 Å². The molecule has 0 unspecified atom stereocenters. The number of nitrogens with zero attached hydrogens (tertiary/aromatic N) is 2. The molecule has 3 nitrogen and oxygen atoms in total. The number of hydrogen-bond acceptors (Lipinski definition) is 2. The van der Waals surface area contributed by atoms with Crippen LogP contribution in [0.25, 0.3) is 16.6 Å². The third-order valence-corrected chi connectivity index (χ3v) is 5.74. The van der Waals surface area contributed by atoms with Gasteiger partial charge in [-0.3, -0.25) is 9.69 Å². The minimum absolute atomic E-state index is 0.234. The number of carbonyl (C=O) groups is 1. The quantitative estimate of drug-likeness (QED) is 0.545. The highest BCUT2D eigenvalue weighted by molar-refractivity contribution is 6.30. The molecular weight excluding hydrogens is 356 g/mol. The number of fused-ring (bicyclic) bond motifs is 1. The molecule has 140 valence electrons. The molecule has 0 radical (unpaired) electrons. The van der Waals surface area contributed by atoms with Crippen molar-refractivity contribution in [2.45, 2.75) is 32.6 Å². The first kappa shape index (κ1) is 18.3. The van der Waals surface area contributed by atoms with Crippen LogP contribution in [-0.2, 0) is 6.42 Å². The number of ketones is 1. The number of carbonyl (C=O) groups excluding carboxylic acids is 1. The number of halogens is 1. The van der Waals surface area contributed by atoms with E-state index in [4.69, 9.17) is 11.6 Å². The van der Waals surface area contributed by atoms with Gasteiger partial charge in [0.15, 0.2) is 5.78 Å². The summed E-state index contributed by atoms with van der Waals surface area (Å²) in [6.07, 6.45) is 4.47. The Balaban J connectivity index is 1.82. The SMILES string of the molecule is CCc1c(C(=O)CN2CCCCC2)c2ccccc2n1-c1ccc(Cl)cc1. The van der Waals surface area contributed by atoms with E-state index < -0.39 is 0 Å². The molecule has 1 fully saturated rings. The second-order valence-corrected chi connectivity index (χ2v) is 7.70. The molecule has 0 N–H and O–H groups in total. The summed E-state index contributed by atoms with van der Waals surface area (Å²) >= 11 is 6.09. The number of para-hydroxylation sites is 1. The van der Waals surface area contributed by atoms with Gasteiger partial charge in [-0.25, -0.2) is 0 Å². The second-order valence-electron chi connectivity index (χ2n) is 7.26. The van der Waals surface area contributed by atoms with E-state index in [1.807, 2.05) is 36.4 Å². The van der Waals surface area contributed by atoms with Gasteiger partial charge in [0.2, 0.25) is 0 Å². The number of likely N-dealkylation sites (tertiary alicyclic amines) is 1. The maximum absolute atomic E-state index is 13.3. The normalized spacial score (nSPS) is 15.3. The summed E-state index contributed by atoms with van der Waals surface area (Å²) in [6, 6.07) is 16.1. The van der Waals surface area contributed by atoms with Crippen LogP contribution in [0.2, 0.25) is 5.02 Å². The molecular formula is C23H25ClN2O. The van der Waals surface area contributed by atoms with Gasteiger partial charge in [0.25, 0.3) is 0 Å². The first-order valence-electron chi connectivity index (χ1n) is 9.83. The van der Waals surface area contributed by atoms with Crippen LogP contribution in [-0.4, -0.2) is 34.9 Å². The van der Waals surface area contributed by atoms with Crippen molar-refractivity contribution in [2.75, 3.05) is 19.6 Å². The lowest BCUT2D eigenvalue weighted by atomic mass is 10.0. The average Bonchev–Trinajstić information content (AvgIpc) is 3.04. The molecule has 0 atom stereocenters. The van der Waals surface area contributed by atoms with Crippen LogP contribution in [0.4, 0.5) is 0 Å². The smallest absolute Gasteiger partial charge is 0.179 e. The fourth-order valence-electron chi connectivity index (χ4n) is 4.22. The molecule has 0 spiro atoms. The van der Waals surface area contributed by atoms with Crippen molar-refractivity contribution in [1.82, 2.24) is 9.47 Å². The molecule has 1 aromatic heterocycles. The van der Waals surface area contributed by atoms with Crippen molar-refractivity contribution < 1.29 is 4.79 Å². The Kier molecular flexibility index (Phi) is 5.33. The summed E-state index contributed by atoms with van der Waals surface area (Å²) in [6.45, 7) is 4.70. The lowest BCUT2D eigenvalue weighted by molar-refractivity contribution is 0.0916. The largest absolute Gasteiger partial charge is 0.313 e. The summed E-state index contributed by atoms with van der Waals surface area (Å²) in [4.78, 5) is 15.6. The van der Waals surface area contributed by atoms with Crippen molar-refractivity contribution in [1.29, 1.82) is 0 Å². The topological polar surface area (TPSA) is 25.2 Å². The van der Waals surface area contributed by atoms with Gasteiger partial charge in [0.1, 0.15) is 0 Å². The second kappa shape index (κ2) is 7.87. The maximum Gasteiger partial charge on any atom is 0.179 e. The zero-order chi connectivity index (χ0) is 18.8. The monoisotopic (exact) mass is 380 g/mol. The van der Waals surface area contributed by atoms with Crippen LogP contribution in [0, 0.1) is 0 Å². The summed E-state index contributed by atoms with van der Waals surface area (Å²) in [5.74, 6) is 0.234. The van der Waals surface area contributed by atoms with Crippen molar-refractivity contribution in [3.8, 4) is 5.69 Å². The standard InChI is InChI=1S/C23H25ClN2O/c1-2-20-23(22(27)16-25-14-6-3-7-15-25)19-8-4-5-9-21(19)26(20)18-12-10-17(24)11-13-18/h4-5,8-13H,2-3,6-7,14-16H2,1H3. The summed E-state index contributed by atoms with van der Waals surface area (Å²) in [5.41, 5.74) is 4.09. The van der Waals surface area contributed by atoms with E-state index in [0.717, 1.165) is 52.4 Å². The van der Waals surface area contributed by atoms with Gasteiger partial charge in [0, 0.05) is 27.4 Å². The maximum atomic E-state index is 13.3. The van der Waals surface area contributed by atoms with Crippen LogP contribution < -0.4 is 0 Å². The lowest BCUT2D eigenvalue weighted by Crippen LogP contribution is -2.34. The molecule has 4 rings (SSSR count). The van der Waals surface area contributed by atoms with Crippen LogP contribution >= 0.6 is 11.6 Å². The van der Waals surface area contributed by atoms with E-state index in [9.17, 15) is 4.79 Å². The highest BCUT2D eigenvalue weighted by atomic mass is 35.5. The van der Waals surface area contributed by atoms with Gasteiger partial charge in [-0.15, -0.1) is 0 Å². The van der Waals surface area contributed by atoms with E-state index >= 15 is 0 Å². The summed E-state index contributed by atoms with van der Waals surface area (Å²) < 4.78 is 2.22. The first-order valence-corrected chi connectivity index (χ1v) is 10.2. The van der Waals surface area contributed by atoms with E-state index in [-0.39, 0.29) is 5.78 Å². The summed E-state index contributed by atoms with van der Waals surface area (Å²) in [5, 5.41) is 1.76. The Morgan fingerprint density at radius 2 is 1.70 bits per heavy atom. The molecule has 4 heteroatoms.